The molecule has 0 unspecified atom stereocenters. The lowest BCUT2D eigenvalue weighted by molar-refractivity contribution is 1.29. The molecule has 6 aromatic carbocycles. The monoisotopic (exact) mass is 477 g/mol. The molecule has 170 valence electrons. The summed E-state index contributed by atoms with van der Waals surface area (Å²) >= 11 is 1.87. The first-order valence-electron chi connectivity index (χ1n) is 12.2. The highest BCUT2D eigenvalue weighted by atomic mass is 32.1. The third-order valence-electron chi connectivity index (χ3n) is 6.85. The summed E-state index contributed by atoms with van der Waals surface area (Å²) in [5, 5.41) is 5.15. The van der Waals surface area contributed by atoms with Gasteiger partial charge < -0.3 is 4.90 Å². The van der Waals surface area contributed by atoms with Crippen molar-refractivity contribution < 1.29 is 0 Å². The minimum atomic E-state index is 1.14. The number of rotatable bonds is 4. The molecule has 1 nitrogen and oxygen atoms in total. The van der Waals surface area contributed by atoms with Crippen molar-refractivity contribution >= 4 is 59.3 Å². The number of para-hydroxylation sites is 2. The summed E-state index contributed by atoms with van der Waals surface area (Å²) < 4.78 is 2.64. The molecule has 0 amide bonds. The summed E-state index contributed by atoms with van der Waals surface area (Å²) in [6, 6.07) is 50.1. The molecule has 0 radical (unpaired) electrons. The van der Waals surface area contributed by atoms with Gasteiger partial charge in [-0.3, -0.25) is 0 Å². The van der Waals surface area contributed by atoms with Crippen LogP contribution >= 0.6 is 11.3 Å². The van der Waals surface area contributed by atoms with Gasteiger partial charge in [0.05, 0.1) is 5.69 Å². The molecule has 0 saturated carbocycles. The van der Waals surface area contributed by atoms with Crippen molar-refractivity contribution in [3.63, 3.8) is 0 Å². The quantitative estimate of drug-likeness (QED) is 0.244. The lowest BCUT2D eigenvalue weighted by Crippen LogP contribution is -2.11. The van der Waals surface area contributed by atoms with E-state index in [0.29, 0.717) is 0 Å². The zero-order chi connectivity index (χ0) is 23.9. The van der Waals surface area contributed by atoms with Crippen molar-refractivity contribution in [2.75, 3.05) is 4.90 Å². The lowest BCUT2D eigenvalue weighted by atomic mass is 9.92. The number of anilines is 3. The molecule has 0 aliphatic carbocycles. The molecular formula is C34H23NS. The summed E-state index contributed by atoms with van der Waals surface area (Å²) in [6.45, 7) is 0. The highest BCUT2D eigenvalue weighted by molar-refractivity contribution is 7.25. The van der Waals surface area contributed by atoms with Crippen LogP contribution in [0.25, 0.3) is 42.1 Å². The fourth-order valence-corrected chi connectivity index (χ4v) is 6.43. The fraction of sp³-hybridized carbons (Fsp3) is 0. The molecule has 0 saturated heterocycles. The van der Waals surface area contributed by atoms with Crippen LogP contribution in [-0.2, 0) is 0 Å². The van der Waals surface area contributed by atoms with E-state index in [4.69, 9.17) is 0 Å². The van der Waals surface area contributed by atoms with Crippen molar-refractivity contribution in [3.05, 3.63) is 140 Å². The van der Waals surface area contributed by atoms with Crippen LogP contribution in [0.1, 0.15) is 0 Å². The predicted octanol–water partition coefficient (Wildman–Crippen LogP) is 10.3. The van der Waals surface area contributed by atoms with E-state index < -0.39 is 0 Å². The third-order valence-corrected chi connectivity index (χ3v) is 7.98. The van der Waals surface area contributed by atoms with E-state index in [1.165, 1.54) is 47.8 Å². The van der Waals surface area contributed by atoms with Crippen LogP contribution in [0.3, 0.4) is 0 Å². The van der Waals surface area contributed by atoms with Crippen molar-refractivity contribution in [1.82, 2.24) is 0 Å². The van der Waals surface area contributed by atoms with Gasteiger partial charge in [0.1, 0.15) is 0 Å². The Hall–Kier alpha value is -4.40. The molecule has 1 heterocycles. The van der Waals surface area contributed by atoms with Crippen LogP contribution in [0.15, 0.2) is 140 Å². The van der Waals surface area contributed by atoms with Gasteiger partial charge in [0.15, 0.2) is 0 Å². The van der Waals surface area contributed by atoms with E-state index in [1.807, 2.05) is 11.3 Å². The molecule has 0 atom stereocenters. The Morgan fingerprint density at radius 2 is 1.06 bits per heavy atom. The summed E-state index contributed by atoms with van der Waals surface area (Å²) in [5.41, 5.74) is 5.99. The Balaban J connectivity index is 1.62. The normalized spacial score (nSPS) is 11.3. The maximum Gasteiger partial charge on any atom is 0.0546 e. The Bertz CT molecular complexity index is 1790. The second kappa shape index (κ2) is 8.67. The fourth-order valence-electron chi connectivity index (χ4n) is 5.29. The second-order valence-corrected chi connectivity index (χ2v) is 10.0. The molecule has 7 rings (SSSR count). The minimum Gasteiger partial charge on any atom is -0.310 e. The Morgan fingerprint density at radius 3 is 1.81 bits per heavy atom. The van der Waals surface area contributed by atoms with Crippen LogP contribution in [0.2, 0.25) is 0 Å². The standard InChI is InChI=1S/C34H23NS/c1-3-13-25(14-4-1)35(26-15-5-2-6-16-26)30-23-22-24-12-7-8-17-27(24)33(30)29-19-11-21-32-34(29)28-18-9-10-20-31(28)36-32/h1-23H. The molecule has 0 aliphatic heterocycles. The van der Waals surface area contributed by atoms with E-state index in [1.54, 1.807) is 0 Å². The number of hydrogen-bond donors (Lipinski definition) is 0. The number of benzene rings is 6. The number of thiophene rings is 1. The first kappa shape index (κ1) is 20.9. The molecule has 0 spiro atoms. The number of hydrogen-bond acceptors (Lipinski definition) is 2. The number of nitrogens with zero attached hydrogens (tertiary/aromatic N) is 1. The molecule has 0 bridgehead atoms. The van der Waals surface area contributed by atoms with Crippen molar-refractivity contribution in [1.29, 1.82) is 0 Å². The lowest BCUT2D eigenvalue weighted by Gasteiger charge is -2.29. The van der Waals surface area contributed by atoms with Gasteiger partial charge in [0.2, 0.25) is 0 Å². The Morgan fingerprint density at radius 1 is 0.444 bits per heavy atom. The summed E-state index contributed by atoms with van der Waals surface area (Å²) in [7, 11) is 0. The van der Waals surface area contributed by atoms with Gasteiger partial charge >= 0.3 is 0 Å². The molecule has 2 heteroatoms. The largest absolute Gasteiger partial charge is 0.310 e. The van der Waals surface area contributed by atoms with Gasteiger partial charge in [0, 0.05) is 37.1 Å². The van der Waals surface area contributed by atoms with Crippen LogP contribution in [-0.4, -0.2) is 0 Å². The van der Waals surface area contributed by atoms with Crippen LogP contribution in [0.5, 0.6) is 0 Å². The van der Waals surface area contributed by atoms with Crippen molar-refractivity contribution in [2.45, 2.75) is 0 Å². The van der Waals surface area contributed by atoms with Gasteiger partial charge in [-0.05, 0) is 58.8 Å². The topological polar surface area (TPSA) is 3.24 Å². The summed E-state index contributed by atoms with van der Waals surface area (Å²) in [6.07, 6.45) is 0. The SMILES string of the molecule is c1ccc(N(c2ccccc2)c2ccc3ccccc3c2-c2cccc3sc4ccccc4c23)cc1. The zero-order valence-electron chi connectivity index (χ0n) is 19.6. The summed E-state index contributed by atoms with van der Waals surface area (Å²) in [4.78, 5) is 2.38. The first-order chi connectivity index (χ1) is 17.9. The number of fused-ring (bicyclic) bond motifs is 4. The smallest absolute Gasteiger partial charge is 0.0546 e. The Kier molecular flexibility index (Phi) is 5.04. The molecule has 1 aromatic heterocycles. The van der Waals surface area contributed by atoms with E-state index in [9.17, 15) is 0 Å². The van der Waals surface area contributed by atoms with Gasteiger partial charge in [0.25, 0.3) is 0 Å². The Labute approximate surface area is 214 Å². The highest BCUT2D eigenvalue weighted by Gasteiger charge is 2.21. The van der Waals surface area contributed by atoms with E-state index >= 15 is 0 Å². The average molecular weight is 478 g/mol. The van der Waals surface area contributed by atoms with Crippen LogP contribution in [0.4, 0.5) is 17.1 Å². The maximum atomic E-state index is 2.38. The van der Waals surface area contributed by atoms with Crippen LogP contribution in [0, 0.1) is 0 Å². The van der Waals surface area contributed by atoms with Gasteiger partial charge in [-0.2, -0.15) is 0 Å². The highest BCUT2D eigenvalue weighted by Crippen LogP contribution is 2.48. The molecule has 36 heavy (non-hydrogen) atoms. The van der Waals surface area contributed by atoms with Crippen LogP contribution < -0.4 is 4.90 Å². The molecular weight excluding hydrogens is 454 g/mol. The summed E-state index contributed by atoms with van der Waals surface area (Å²) in [5.74, 6) is 0. The first-order valence-corrected chi connectivity index (χ1v) is 13.0. The molecule has 0 aliphatic rings. The van der Waals surface area contributed by atoms with Gasteiger partial charge in [-0.25, -0.2) is 0 Å². The predicted molar refractivity (Wildman–Crippen MR) is 157 cm³/mol. The zero-order valence-corrected chi connectivity index (χ0v) is 20.5. The molecule has 7 aromatic rings. The average Bonchev–Trinajstić information content (AvgIpc) is 3.33. The van der Waals surface area contributed by atoms with Gasteiger partial charge in [-0.1, -0.05) is 97.1 Å². The van der Waals surface area contributed by atoms with E-state index in [0.717, 1.165) is 11.4 Å². The third kappa shape index (κ3) is 3.38. The van der Waals surface area contributed by atoms with E-state index in [-0.39, 0.29) is 0 Å². The van der Waals surface area contributed by atoms with Gasteiger partial charge in [-0.15, -0.1) is 11.3 Å². The molecule has 0 fully saturated rings. The minimum absolute atomic E-state index is 1.14. The maximum absolute atomic E-state index is 2.38. The van der Waals surface area contributed by atoms with E-state index in [2.05, 4.69) is 144 Å². The van der Waals surface area contributed by atoms with Crippen molar-refractivity contribution in [2.24, 2.45) is 0 Å². The van der Waals surface area contributed by atoms with Crippen molar-refractivity contribution in [3.8, 4) is 11.1 Å². The second-order valence-electron chi connectivity index (χ2n) is 8.96. The molecule has 0 N–H and O–H groups in total.